The van der Waals surface area contributed by atoms with E-state index in [9.17, 15) is 4.79 Å². The van der Waals surface area contributed by atoms with Crippen molar-refractivity contribution in [3.05, 3.63) is 41.1 Å². The molecule has 4 rings (SSSR count). The number of aryl methyl sites for hydroxylation is 1. The van der Waals surface area contributed by atoms with Gasteiger partial charge in [0.2, 0.25) is 5.88 Å². The molecule has 1 amide bonds. The molecule has 2 aliphatic heterocycles. The van der Waals surface area contributed by atoms with Crippen molar-refractivity contribution in [3.63, 3.8) is 0 Å². The molecule has 134 valence electrons. The fraction of sp³-hybridized carbons (Fsp3) is 0.421. The van der Waals surface area contributed by atoms with Crippen molar-refractivity contribution in [1.29, 1.82) is 5.26 Å². The zero-order valence-corrected chi connectivity index (χ0v) is 14.6. The number of rotatable bonds is 3. The van der Waals surface area contributed by atoms with Gasteiger partial charge in [-0.25, -0.2) is 4.68 Å². The van der Waals surface area contributed by atoms with E-state index in [1.54, 1.807) is 22.9 Å². The van der Waals surface area contributed by atoms with Gasteiger partial charge in [-0.2, -0.15) is 10.4 Å². The second kappa shape index (κ2) is 6.71. The summed E-state index contributed by atoms with van der Waals surface area (Å²) >= 11 is 0. The minimum absolute atomic E-state index is 0.160. The lowest BCUT2D eigenvalue weighted by Crippen LogP contribution is -2.42. The van der Waals surface area contributed by atoms with E-state index in [1.165, 1.54) is 0 Å². The van der Waals surface area contributed by atoms with E-state index in [4.69, 9.17) is 14.7 Å². The van der Waals surface area contributed by atoms with Gasteiger partial charge in [0.25, 0.3) is 5.91 Å². The van der Waals surface area contributed by atoms with Gasteiger partial charge in [0.15, 0.2) is 5.69 Å². The minimum Gasteiger partial charge on any atom is -0.491 e. The maximum Gasteiger partial charge on any atom is 0.272 e. The molecular weight excluding hydrogens is 332 g/mol. The smallest absolute Gasteiger partial charge is 0.272 e. The van der Waals surface area contributed by atoms with Gasteiger partial charge in [-0.3, -0.25) is 4.79 Å². The predicted octanol–water partition coefficient (Wildman–Crippen LogP) is 2.05. The zero-order chi connectivity index (χ0) is 18.1. The van der Waals surface area contributed by atoms with Gasteiger partial charge >= 0.3 is 0 Å². The van der Waals surface area contributed by atoms with Crippen LogP contribution < -0.4 is 14.8 Å². The SMILES string of the molecule is CC[C@H]1CCn2nc(C(=O)N[C@H]3COc4ccc(C#N)cc4C3)cc2O1. The fourth-order valence-electron chi connectivity index (χ4n) is 3.37. The van der Waals surface area contributed by atoms with E-state index in [-0.39, 0.29) is 18.1 Å². The van der Waals surface area contributed by atoms with E-state index < -0.39 is 0 Å². The molecule has 0 aliphatic carbocycles. The lowest BCUT2D eigenvalue weighted by Gasteiger charge is -2.25. The lowest BCUT2D eigenvalue weighted by molar-refractivity contribution is 0.0909. The van der Waals surface area contributed by atoms with E-state index in [1.807, 2.05) is 6.07 Å². The lowest BCUT2D eigenvalue weighted by atomic mass is 10.0. The van der Waals surface area contributed by atoms with Crippen LogP contribution in [-0.2, 0) is 13.0 Å². The Morgan fingerprint density at radius 1 is 1.46 bits per heavy atom. The van der Waals surface area contributed by atoms with Crippen molar-refractivity contribution in [2.24, 2.45) is 0 Å². The first-order chi connectivity index (χ1) is 12.7. The Labute approximate surface area is 151 Å². The molecule has 1 aromatic carbocycles. The Bertz CT molecular complexity index is 883. The molecule has 7 heteroatoms. The summed E-state index contributed by atoms with van der Waals surface area (Å²) in [5.74, 6) is 1.18. The number of aromatic nitrogens is 2. The van der Waals surface area contributed by atoms with Crippen LogP contribution >= 0.6 is 0 Å². The summed E-state index contributed by atoms with van der Waals surface area (Å²) < 4.78 is 13.3. The molecule has 2 atom stereocenters. The van der Waals surface area contributed by atoms with Crippen molar-refractivity contribution in [2.45, 2.75) is 44.9 Å². The van der Waals surface area contributed by atoms with Crippen LogP contribution in [0.4, 0.5) is 0 Å². The molecule has 0 saturated carbocycles. The normalized spacial score (nSPS) is 20.8. The number of carbonyl (C=O) groups excluding carboxylic acids is 1. The molecular formula is C19H20N4O3. The first-order valence-electron chi connectivity index (χ1n) is 8.87. The molecule has 0 spiro atoms. The Morgan fingerprint density at radius 2 is 2.35 bits per heavy atom. The van der Waals surface area contributed by atoms with Crippen LogP contribution in [0.5, 0.6) is 11.6 Å². The van der Waals surface area contributed by atoms with Gasteiger partial charge in [0.1, 0.15) is 18.5 Å². The highest BCUT2D eigenvalue weighted by atomic mass is 16.5. The summed E-state index contributed by atoms with van der Waals surface area (Å²) in [6.07, 6.45) is 2.66. The molecule has 2 aromatic rings. The minimum atomic E-state index is -0.239. The number of nitriles is 1. The van der Waals surface area contributed by atoms with Crippen LogP contribution in [0.15, 0.2) is 24.3 Å². The topological polar surface area (TPSA) is 89.2 Å². The molecule has 1 aromatic heterocycles. The third-order valence-electron chi connectivity index (χ3n) is 4.81. The summed E-state index contributed by atoms with van der Waals surface area (Å²) in [6.45, 7) is 3.24. The summed E-state index contributed by atoms with van der Waals surface area (Å²) in [5, 5.41) is 16.4. The first kappa shape index (κ1) is 16.5. The van der Waals surface area contributed by atoms with Gasteiger partial charge in [-0.1, -0.05) is 6.92 Å². The second-order valence-corrected chi connectivity index (χ2v) is 6.65. The average Bonchev–Trinajstić information content (AvgIpc) is 3.10. The molecule has 0 saturated heterocycles. The summed E-state index contributed by atoms with van der Waals surface area (Å²) in [5.41, 5.74) is 1.87. The number of nitrogens with zero attached hydrogens (tertiary/aromatic N) is 3. The van der Waals surface area contributed by atoms with Crippen molar-refractivity contribution < 1.29 is 14.3 Å². The van der Waals surface area contributed by atoms with Crippen molar-refractivity contribution in [1.82, 2.24) is 15.1 Å². The zero-order valence-electron chi connectivity index (χ0n) is 14.6. The highest BCUT2D eigenvalue weighted by Gasteiger charge is 2.26. The van der Waals surface area contributed by atoms with Gasteiger partial charge < -0.3 is 14.8 Å². The van der Waals surface area contributed by atoms with Gasteiger partial charge in [0, 0.05) is 19.0 Å². The van der Waals surface area contributed by atoms with E-state index >= 15 is 0 Å². The fourth-order valence-corrected chi connectivity index (χ4v) is 3.37. The molecule has 3 heterocycles. The summed E-state index contributed by atoms with van der Waals surface area (Å²) in [4.78, 5) is 12.6. The number of hydrogen-bond donors (Lipinski definition) is 1. The molecule has 0 unspecified atom stereocenters. The van der Waals surface area contributed by atoms with Crippen molar-refractivity contribution >= 4 is 5.91 Å². The highest BCUT2D eigenvalue weighted by molar-refractivity contribution is 5.92. The van der Waals surface area contributed by atoms with Crippen LogP contribution in [0.2, 0.25) is 0 Å². The van der Waals surface area contributed by atoms with Gasteiger partial charge in [-0.15, -0.1) is 0 Å². The summed E-state index contributed by atoms with van der Waals surface area (Å²) in [6, 6.07) is 9.00. The number of amides is 1. The number of fused-ring (bicyclic) bond motifs is 2. The molecule has 0 fully saturated rings. The van der Waals surface area contributed by atoms with Crippen LogP contribution in [0, 0.1) is 11.3 Å². The molecule has 1 N–H and O–H groups in total. The Kier molecular flexibility index (Phi) is 4.25. The number of benzene rings is 1. The van der Waals surface area contributed by atoms with E-state index in [2.05, 4.69) is 23.4 Å². The van der Waals surface area contributed by atoms with Crippen LogP contribution in [0.1, 0.15) is 41.4 Å². The van der Waals surface area contributed by atoms with Crippen molar-refractivity contribution in [2.75, 3.05) is 6.61 Å². The van der Waals surface area contributed by atoms with Crippen LogP contribution in [0.25, 0.3) is 0 Å². The van der Waals surface area contributed by atoms with Gasteiger partial charge in [-0.05, 0) is 36.6 Å². The van der Waals surface area contributed by atoms with Crippen LogP contribution in [-0.4, -0.2) is 34.4 Å². The maximum absolute atomic E-state index is 12.6. The molecule has 0 bridgehead atoms. The van der Waals surface area contributed by atoms with Crippen molar-refractivity contribution in [3.8, 4) is 17.7 Å². The van der Waals surface area contributed by atoms with E-state index in [0.29, 0.717) is 30.2 Å². The number of ether oxygens (including phenoxy) is 2. The quantitative estimate of drug-likeness (QED) is 0.913. The molecule has 7 nitrogen and oxygen atoms in total. The number of hydrogen-bond acceptors (Lipinski definition) is 5. The number of carbonyl (C=O) groups is 1. The first-order valence-corrected chi connectivity index (χ1v) is 8.87. The maximum atomic E-state index is 12.6. The Morgan fingerprint density at radius 3 is 3.15 bits per heavy atom. The van der Waals surface area contributed by atoms with Gasteiger partial charge in [0.05, 0.1) is 17.7 Å². The third-order valence-corrected chi connectivity index (χ3v) is 4.81. The molecule has 0 radical (unpaired) electrons. The molecule has 26 heavy (non-hydrogen) atoms. The Balaban J connectivity index is 1.44. The highest BCUT2D eigenvalue weighted by Crippen LogP contribution is 2.26. The summed E-state index contributed by atoms with van der Waals surface area (Å²) in [7, 11) is 0. The largest absolute Gasteiger partial charge is 0.491 e. The monoisotopic (exact) mass is 352 g/mol. The predicted molar refractivity (Wildman–Crippen MR) is 93.2 cm³/mol. The second-order valence-electron chi connectivity index (χ2n) is 6.65. The molecule has 2 aliphatic rings. The van der Waals surface area contributed by atoms with Crippen LogP contribution in [0.3, 0.4) is 0 Å². The average molecular weight is 352 g/mol. The standard InChI is InChI=1S/C19H20N4O3/c1-2-15-5-6-23-18(26-15)9-16(22-23)19(24)21-14-8-13-7-12(10-20)3-4-17(13)25-11-14/h3-4,7,9,14-15H,2,5-6,8,11H2,1H3,(H,21,24)/t14-,15+/m1/s1. The van der Waals surface area contributed by atoms with E-state index in [0.717, 1.165) is 30.7 Å². The number of nitrogens with one attached hydrogen (secondary N) is 1. The third kappa shape index (κ3) is 3.10. The Hall–Kier alpha value is -3.01.